The second kappa shape index (κ2) is 10.5. The van der Waals surface area contributed by atoms with Crippen molar-refractivity contribution in [1.82, 2.24) is 14.7 Å². The van der Waals surface area contributed by atoms with E-state index in [0.29, 0.717) is 12.0 Å². The zero-order chi connectivity index (χ0) is 21.6. The lowest BCUT2D eigenvalue weighted by atomic mass is 10.0. The first kappa shape index (κ1) is 25.5. The molecule has 0 aromatic heterocycles. The second-order valence-corrected chi connectivity index (χ2v) is 10.4. The van der Waals surface area contributed by atoms with Crippen molar-refractivity contribution in [3.63, 3.8) is 0 Å². The molecular formula is C22H45N3O3. The summed E-state index contributed by atoms with van der Waals surface area (Å²) in [5, 5.41) is 18.2. The smallest absolute Gasteiger partial charge is 0.127 e. The van der Waals surface area contributed by atoms with Gasteiger partial charge in [-0.3, -0.25) is 0 Å². The van der Waals surface area contributed by atoms with Gasteiger partial charge in [-0.25, -0.2) is 0 Å². The fourth-order valence-corrected chi connectivity index (χ4v) is 3.82. The summed E-state index contributed by atoms with van der Waals surface area (Å²) in [7, 11) is 12.2. The maximum atomic E-state index is 10.4. The number of hydrogen-bond acceptors (Lipinski definition) is 6. The standard InChI is InChI=1S/C8H17NO.C7H15NO.C7H13NO/c1-7(10)8(4-5-8)6-9(2)3;2*1-8(2)5-7(6-9)3-4-7/h7,10H,4-6H2,1-3H3;9H,3-6H2,1-2H3;6H,3-5H2,1-2H3. The van der Waals surface area contributed by atoms with Crippen LogP contribution in [0, 0.1) is 16.2 Å². The topological polar surface area (TPSA) is 67.2 Å². The predicted molar refractivity (Wildman–Crippen MR) is 115 cm³/mol. The zero-order valence-electron chi connectivity index (χ0n) is 19.4. The first-order valence-corrected chi connectivity index (χ1v) is 10.6. The highest BCUT2D eigenvalue weighted by Gasteiger charge is 2.47. The van der Waals surface area contributed by atoms with Crippen LogP contribution in [0.15, 0.2) is 0 Å². The predicted octanol–water partition coefficient (Wildman–Crippen LogP) is 1.56. The molecule has 0 bridgehead atoms. The van der Waals surface area contributed by atoms with Gasteiger partial charge in [0, 0.05) is 42.5 Å². The summed E-state index contributed by atoms with van der Waals surface area (Å²) in [6.07, 6.45) is 7.97. The normalized spacial score (nSPS) is 23.3. The Hall–Kier alpha value is -0.530. The zero-order valence-corrected chi connectivity index (χ0v) is 19.4. The van der Waals surface area contributed by atoms with Crippen molar-refractivity contribution in [2.45, 2.75) is 51.6 Å². The van der Waals surface area contributed by atoms with E-state index >= 15 is 0 Å². The largest absolute Gasteiger partial charge is 0.396 e. The Labute approximate surface area is 172 Å². The summed E-state index contributed by atoms with van der Waals surface area (Å²) in [6, 6.07) is 0. The van der Waals surface area contributed by atoms with E-state index in [1.54, 1.807) is 0 Å². The number of hydrogen-bond donors (Lipinski definition) is 2. The van der Waals surface area contributed by atoms with Crippen LogP contribution in [0.25, 0.3) is 0 Å². The van der Waals surface area contributed by atoms with Gasteiger partial charge in [-0.1, -0.05) is 0 Å². The number of nitrogens with zero attached hydrogens (tertiary/aromatic N) is 3. The molecule has 6 nitrogen and oxygen atoms in total. The Balaban J connectivity index is 0.000000210. The lowest BCUT2D eigenvalue weighted by Gasteiger charge is -2.22. The Morgan fingerprint density at radius 1 is 0.821 bits per heavy atom. The van der Waals surface area contributed by atoms with E-state index in [1.807, 2.05) is 21.0 Å². The third kappa shape index (κ3) is 8.87. The van der Waals surface area contributed by atoms with E-state index in [-0.39, 0.29) is 16.9 Å². The highest BCUT2D eigenvalue weighted by molar-refractivity contribution is 5.63. The van der Waals surface area contributed by atoms with E-state index in [2.05, 4.69) is 42.9 Å². The molecule has 0 saturated heterocycles. The van der Waals surface area contributed by atoms with Crippen molar-refractivity contribution in [2.24, 2.45) is 16.2 Å². The molecule has 0 aliphatic heterocycles. The van der Waals surface area contributed by atoms with Gasteiger partial charge in [0.1, 0.15) is 6.29 Å². The number of rotatable bonds is 9. The third-order valence-corrected chi connectivity index (χ3v) is 6.13. The van der Waals surface area contributed by atoms with Crippen molar-refractivity contribution in [3.8, 4) is 0 Å². The Kier molecular flexibility index (Phi) is 9.55. The van der Waals surface area contributed by atoms with Gasteiger partial charge in [-0.05, 0) is 87.7 Å². The monoisotopic (exact) mass is 399 g/mol. The molecule has 166 valence electrons. The minimum Gasteiger partial charge on any atom is -0.396 e. The van der Waals surface area contributed by atoms with Crippen LogP contribution in [-0.4, -0.2) is 106 Å². The van der Waals surface area contributed by atoms with E-state index in [4.69, 9.17) is 5.11 Å². The summed E-state index contributed by atoms with van der Waals surface area (Å²) in [4.78, 5) is 16.8. The van der Waals surface area contributed by atoms with Crippen LogP contribution in [0.1, 0.15) is 45.4 Å². The minimum atomic E-state index is -0.130. The van der Waals surface area contributed by atoms with Gasteiger partial charge in [0.15, 0.2) is 0 Å². The average Bonchev–Trinajstić information content (AvgIpc) is 3.43. The maximum Gasteiger partial charge on any atom is 0.127 e. The molecule has 6 heteroatoms. The number of aliphatic hydroxyl groups is 2. The van der Waals surface area contributed by atoms with Crippen LogP contribution >= 0.6 is 0 Å². The SMILES string of the molecule is CC(O)C1(CN(C)C)CC1.CN(C)CC1(C=O)CC1.CN(C)CC1(CO)CC1. The van der Waals surface area contributed by atoms with Crippen molar-refractivity contribution in [1.29, 1.82) is 0 Å². The fraction of sp³-hybridized carbons (Fsp3) is 0.955. The van der Waals surface area contributed by atoms with Gasteiger partial charge in [-0.15, -0.1) is 0 Å². The third-order valence-electron chi connectivity index (χ3n) is 6.13. The second-order valence-electron chi connectivity index (χ2n) is 10.4. The molecule has 0 aromatic rings. The first-order chi connectivity index (χ1) is 12.9. The summed E-state index contributed by atoms with van der Waals surface area (Å²) in [5.41, 5.74) is 0.608. The summed E-state index contributed by atoms with van der Waals surface area (Å²) in [5.74, 6) is 0. The summed E-state index contributed by atoms with van der Waals surface area (Å²) in [6.45, 7) is 5.27. The lowest BCUT2D eigenvalue weighted by Crippen LogP contribution is -2.30. The van der Waals surface area contributed by atoms with Gasteiger partial charge >= 0.3 is 0 Å². The molecule has 3 fully saturated rings. The van der Waals surface area contributed by atoms with E-state index < -0.39 is 0 Å². The highest BCUT2D eigenvalue weighted by atomic mass is 16.3. The van der Waals surface area contributed by atoms with Crippen LogP contribution in [-0.2, 0) is 4.79 Å². The van der Waals surface area contributed by atoms with Crippen LogP contribution in [0.5, 0.6) is 0 Å². The van der Waals surface area contributed by atoms with Gasteiger partial charge < -0.3 is 29.7 Å². The van der Waals surface area contributed by atoms with Crippen LogP contribution in [0.3, 0.4) is 0 Å². The molecule has 1 atom stereocenters. The molecule has 28 heavy (non-hydrogen) atoms. The Bertz CT molecular complexity index is 466. The van der Waals surface area contributed by atoms with E-state index in [9.17, 15) is 9.90 Å². The molecule has 0 radical (unpaired) electrons. The molecule has 3 aliphatic rings. The van der Waals surface area contributed by atoms with Crippen molar-refractivity contribution < 1.29 is 15.0 Å². The van der Waals surface area contributed by atoms with Crippen LogP contribution in [0.2, 0.25) is 0 Å². The van der Waals surface area contributed by atoms with Gasteiger partial charge in [-0.2, -0.15) is 0 Å². The average molecular weight is 400 g/mol. The fourth-order valence-electron chi connectivity index (χ4n) is 3.82. The molecule has 3 saturated carbocycles. The van der Waals surface area contributed by atoms with Crippen molar-refractivity contribution in [2.75, 3.05) is 68.5 Å². The van der Waals surface area contributed by atoms with Crippen LogP contribution < -0.4 is 0 Å². The number of carbonyl (C=O) groups is 1. The number of aliphatic hydroxyl groups excluding tert-OH is 2. The molecule has 2 N–H and O–H groups in total. The van der Waals surface area contributed by atoms with Crippen molar-refractivity contribution in [3.05, 3.63) is 0 Å². The molecule has 1 unspecified atom stereocenters. The number of aldehydes is 1. The molecule has 3 aliphatic carbocycles. The van der Waals surface area contributed by atoms with E-state index in [1.165, 1.54) is 25.7 Å². The maximum absolute atomic E-state index is 10.4. The Morgan fingerprint density at radius 2 is 1.29 bits per heavy atom. The summed E-state index contributed by atoms with van der Waals surface area (Å²) >= 11 is 0. The summed E-state index contributed by atoms with van der Waals surface area (Å²) < 4.78 is 0. The highest BCUT2D eigenvalue weighted by Crippen LogP contribution is 2.49. The molecule has 0 spiro atoms. The van der Waals surface area contributed by atoms with Gasteiger partial charge in [0.25, 0.3) is 0 Å². The number of carbonyl (C=O) groups excluding carboxylic acids is 1. The Morgan fingerprint density at radius 3 is 1.39 bits per heavy atom. The quantitative estimate of drug-likeness (QED) is 0.574. The molecule has 0 heterocycles. The molecule has 3 rings (SSSR count). The molecule has 0 amide bonds. The van der Waals surface area contributed by atoms with Gasteiger partial charge in [0.05, 0.1) is 6.10 Å². The minimum absolute atomic E-state index is 0.0590. The van der Waals surface area contributed by atoms with Crippen molar-refractivity contribution >= 4 is 6.29 Å². The van der Waals surface area contributed by atoms with Gasteiger partial charge in [0.2, 0.25) is 0 Å². The first-order valence-electron chi connectivity index (χ1n) is 10.6. The van der Waals surface area contributed by atoms with E-state index in [0.717, 1.165) is 38.8 Å². The lowest BCUT2D eigenvalue weighted by molar-refractivity contribution is -0.112. The van der Waals surface area contributed by atoms with Crippen LogP contribution in [0.4, 0.5) is 0 Å². The molecule has 0 aromatic carbocycles. The molecular weight excluding hydrogens is 354 g/mol.